The Morgan fingerprint density at radius 3 is 2.79 bits per heavy atom. The van der Waals surface area contributed by atoms with Crippen LogP contribution in [-0.2, 0) is 24.2 Å². The van der Waals surface area contributed by atoms with E-state index in [1.807, 2.05) is 24.3 Å². The van der Waals surface area contributed by atoms with Gasteiger partial charge in [0, 0.05) is 16.6 Å². The maximum Gasteiger partial charge on any atom is 0.331 e. The van der Waals surface area contributed by atoms with Gasteiger partial charge >= 0.3 is 5.97 Å². The molecule has 1 amide bonds. The number of nitrogens with one attached hydrogen (secondary N) is 1. The molecule has 24 heavy (non-hydrogen) atoms. The van der Waals surface area contributed by atoms with Crippen molar-refractivity contribution < 1.29 is 22.7 Å². The first-order chi connectivity index (χ1) is 11.2. The van der Waals surface area contributed by atoms with Gasteiger partial charge in [0.25, 0.3) is 5.91 Å². The van der Waals surface area contributed by atoms with E-state index >= 15 is 0 Å². The summed E-state index contributed by atoms with van der Waals surface area (Å²) in [6.45, 7) is 1.45. The van der Waals surface area contributed by atoms with Crippen molar-refractivity contribution in [3.05, 3.63) is 40.4 Å². The lowest BCUT2D eigenvalue weighted by Gasteiger charge is -2.15. The lowest BCUT2D eigenvalue weighted by atomic mass is 10.2. The van der Waals surface area contributed by atoms with Gasteiger partial charge in [-0.05, 0) is 37.1 Å². The molecule has 1 aliphatic rings. The van der Waals surface area contributed by atoms with Gasteiger partial charge in [-0.15, -0.1) is 0 Å². The molecule has 0 spiro atoms. The number of carbonyl (C=O) groups excluding carboxylic acids is 2. The molecule has 1 heterocycles. The Morgan fingerprint density at radius 2 is 2.17 bits per heavy atom. The zero-order valence-electron chi connectivity index (χ0n) is 13.1. The smallest absolute Gasteiger partial charge is 0.331 e. The van der Waals surface area contributed by atoms with E-state index in [1.54, 1.807) is 6.08 Å². The zero-order valence-corrected chi connectivity index (χ0v) is 15.5. The van der Waals surface area contributed by atoms with E-state index in [1.165, 1.54) is 13.0 Å². The van der Waals surface area contributed by atoms with E-state index in [-0.39, 0.29) is 11.5 Å². The molecule has 2 rings (SSSR count). The summed E-state index contributed by atoms with van der Waals surface area (Å²) < 4.78 is 28.6. The molecule has 0 aromatic heterocycles. The van der Waals surface area contributed by atoms with Crippen molar-refractivity contribution in [3.63, 3.8) is 0 Å². The Hall–Kier alpha value is -1.67. The fraction of sp³-hybridized carbons (Fsp3) is 0.375. The summed E-state index contributed by atoms with van der Waals surface area (Å²) in [5.74, 6) is -1.14. The number of sulfone groups is 1. The minimum absolute atomic E-state index is 0.0673. The van der Waals surface area contributed by atoms with Gasteiger partial charge in [-0.1, -0.05) is 28.1 Å². The molecule has 0 radical (unpaired) electrons. The number of ether oxygens (including phenoxy) is 1. The summed E-state index contributed by atoms with van der Waals surface area (Å²) in [6.07, 6.45) is 2.22. The molecular weight excluding hydrogens is 398 g/mol. The summed E-state index contributed by atoms with van der Waals surface area (Å²) in [6, 6.07) is 6.94. The molecule has 130 valence electrons. The van der Waals surface area contributed by atoms with Crippen LogP contribution in [0.15, 0.2) is 34.8 Å². The second-order valence-electron chi connectivity index (χ2n) is 5.58. The third-order valence-electron chi connectivity index (χ3n) is 3.50. The highest BCUT2D eigenvalue weighted by Crippen LogP contribution is 2.13. The summed E-state index contributed by atoms with van der Waals surface area (Å²) in [5.41, 5.74) is 0.814. The maximum atomic E-state index is 12.0. The third kappa shape index (κ3) is 5.76. The number of carbonyl (C=O) groups is 2. The van der Waals surface area contributed by atoms with E-state index in [0.717, 1.165) is 10.0 Å². The van der Waals surface area contributed by atoms with Crippen LogP contribution in [0.2, 0.25) is 0 Å². The van der Waals surface area contributed by atoms with Crippen LogP contribution in [0, 0.1) is 0 Å². The molecule has 1 aromatic rings. The molecule has 2 atom stereocenters. The van der Waals surface area contributed by atoms with E-state index < -0.39 is 33.9 Å². The topological polar surface area (TPSA) is 89.5 Å². The van der Waals surface area contributed by atoms with Gasteiger partial charge in [-0.2, -0.15) is 0 Å². The molecule has 1 aliphatic heterocycles. The van der Waals surface area contributed by atoms with E-state index in [4.69, 9.17) is 4.74 Å². The van der Waals surface area contributed by atoms with Crippen LogP contribution in [0.3, 0.4) is 0 Å². The van der Waals surface area contributed by atoms with Crippen LogP contribution >= 0.6 is 15.9 Å². The van der Waals surface area contributed by atoms with Crippen LogP contribution in [0.5, 0.6) is 0 Å². The summed E-state index contributed by atoms with van der Waals surface area (Å²) in [7, 11) is -3.07. The minimum Gasteiger partial charge on any atom is -0.449 e. The minimum atomic E-state index is -3.07. The number of rotatable bonds is 5. The Labute approximate surface area is 149 Å². The maximum absolute atomic E-state index is 12.0. The van der Waals surface area contributed by atoms with Crippen molar-refractivity contribution in [2.24, 2.45) is 0 Å². The number of esters is 1. The van der Waals surface area contributed by atoms with Gasteiger partial charge in [-0.3, -0.25) is 4.79 Å². The van der Waals surface area contributed by atoms with Crippen molar-refractivity contribution in [1.29, 1.82) is 0 Å². The highest BCUT2D eigenvalue weighted by molar-refractivity contribution is 9.10. The molecule has 1 fully saturated rings. The predicted octanol–water partition coefficient (Wildman–Crippen LogP) is 1.70. The molecule has 0 saturated carbocycles. The molecule has 0 bridgehead atoms. The van der Waals surface area contributed by atoms with Crippen molar-refractivity contribution >= 4 is 43.7 Å². The largest absolute Gasteiger partial charge is 0.449 e. The van der Waals surface area contributed by atoms with Crippen LogP contribution in [0.4, 0.5) is 0 Å². The molecule has 1 N–H and O–H groups in total. The lowest BCUT2D eigenvalue weighted by Crippen LogP contribution is -2.42. The quantitative estimate of drug-likeness (QED) is 0.583. The van der Waals surface area contributed by atoms with Crippen molar-refractivity contribution in [2.45, 2.75) is 25.5 Å². The molecule has 0 aliphatic carbocycles. The zero-order chi connectivity index (χ0) is 17.7. The van der Waals surface area contributed by atoms with Crippen molar-refractivity contribution in [2.75, 3.05) is 11.5 Å². The van der Waals surface area contributed by atoms with E-state index in [9.17, 15) is 18.0 Å². The second kappa shape index (κ2) is 7.94. The third-order valence-corrected chi connectivity index (χ3v) is 5.76. The molecule has 1 saturated heterocycles. The number of benzene rings is 1. The van der Waals surface area contributed by atoms with Crippen LogP contribution < -0.4 is 5.32 Å². The highest BCUT2D eigenvalue weighted by Gasteiger charge is 2.30. The summed E-state index contributed by atoms with van der Waals surface area (Å²) in [5, 5.41) is 2.60. The first kappa shape index (κ1) is 18.7. The summed E-state index contributed by atoms with van der Waals surface area (Å²) in [4.78, 5) is 23.7. The number of halogens is 1. The average molecular weight is 416 g/mol. The standard InChI is InChI=1S/C16H18BrNO5S/c1-11(16(20)18-14-7-8-24(21,22)10-14)23-15(19)6-5-12-3-2-4-13(17)9-12/h2-6,9,11,14H,7-8,10H2,1H3,(H,18,20)/b6-5+/t11-,14+/m1/s1. The SMILES string of the molecule is C[C@@H](OC(=O)/C=C/c1cccc(Br)c1)C(=O)N[C@H]1CCS(=O)(=O)C1. The first-order valence-electron chi connectivity index (χ1n) is 7.40. The van der Waals surface area contributed by atoms with Gasteiger partial charge < -0.3 is 10.1 Å². The molecule has 8 heteroatoms. The fourth-order valence-corrected chi connectivity index (χ4v) is 4.36. The van der Waals surface area contributed by atoms with Gasteiger partial charge in [-0.25, -0.2) is 13.2 Å². The molecule has 6 nitrogen and oxygen atoms in total. The Morgan fingerprint density at radius 1 is 1.42 bits per heavy atom. The predicted molar refractivity (Wildman–Crippen MR) is 93.9 cm³/mol. The summed E-state index contributed by atoms with van der Waals surface area (Å²) >= 11 is 3.33. The molecule has 1 aromatic carbocycles. The molecule has 0 unspecified atom stereocenters. The number of hydrogen-bond donors (Lipinski definition) is 1. The fourth-order valence-electron chi connectivity index (χ4n) is 2.27. The second-order valence-corrected chi connectivity index (χ2v) is 8.72. The molecular formula is C16H18BrNO5S. The normalized spacial score (nSPS) is 20.7. The van der Waals surface area contributed by atoms with Crippen LogP contribution in [0.25, 0.3) is 6.08 Å². The van der Waals surface area contributed by atoms with Crippen LogP contribution in [-0.4, -0.2) is 43.9 Å². The highest BCUT2D eigenvalue weighted by atomic mass is 79.9. The van der Waals surface area contributed by atoms with Crippen LogP contribution in [0.1, 0.15) is 18.9 Å². The Bertz CT molecular complexity index is 759. The Balaban J connectivity index is 1.83. The van der Waals surface area contributed by atoms with E-state index in [0.29, 0.717) is 6.42 Å². The van der Waals surface area contributed by atoms with Gasteiger partial charge in [0.1, 0.15) is 0 Å². The number of hydrogen-bond acceptors (Lipinski definition) is 5. The van der Waals surface area contributed by atoms with Crippen molar-refractivity contribution in [3.8, 4) is 0 Å². The monoisotopic (exact) mass is 415 g/mol. The van der Waals surface area contributed by atoms with Gasteiger partial charge in [0.05, 0.1) is 11.5 Å². The number of amides is 1. The van der Waals surface area contributed by atoms with E-state index in [2.05, 4.69) is 21.2 Å². The van der Waals surface area contributed by atoms with Crippen molar-refractivity contribution in [1.82, 2.24) is 5.32 Å². The Kier molecular flexibility index (Phi) is 6.17. The lowest BCUT2D eigenvalue weighted by molar-refractivity contribution is -0.150. The average Bonchev–Trinajstić information content (AvgIpc) is 2.84. The van der Waals surface area contributed by atoms with Gasteiger partial charge in [0.2, 0.25) is 0 Å². The van der Waals surface area contributed by atoms with Gasteiger partial charge in [0.15, 0.2) is 15.9 Å². The first-order valence-corrected chi connectivity index (χ1v) is 10.0.